The number of benzene rings is 1. The van der Waals surface area contributed by atoms with Gasteiger partial charge in [-0.05, 0) is 43.2 Å². The van der Waals surface area contributed by atoms with Gasteiger partial charge in [-0.15, -0.1) is 0 Å². The lowest BCUT2D eigenvalue weighted by atomic mass is 9.95. The summed E-state index contributed by atoms with van der Waals surface area (Å²) < 4.78 is 10.8. The molecule has 122 valence electrons. The van der Waals surface area contributed by atoms with E-state index in [0.717, 1.165) is 35.8 Å². The van der Waals surface area contributed by atoms with Crippen LogP contribution in [0.3, 0.4) is 0 Å². The molecule has 1 N–H and O–H groups in total. The molecule has 1 atom stereocenters. The van der Waals surface area contributed by atoms with Crippen LogP contribution >= 0.6 is 0 Å². The van der Waals surface area contributed by atoms with E-state index in [1.807, 2.05) is 48.2 Å². The zero-order chi connectivity index (χ0) is 16.2. The number of furan rings is 1. The molecule has 2 aromatic rings. The van der Waals surface area contributed by atoms with Crippen molar-refractivity contribution in [2.45, 2.75) is 25.8 Å². The van der Waals surface area contributed by atoms with Gasteiger partial charge in [0.05, 0.1) is 13.2 Å². The van der Waals surface area contributed by atoms with Crippen LogP contribution in [-0.4, -0.2) is 31.1 Å². The molecular formula is C18H22N2O3. The highest BCUT2D eigenvalue weighted by Crippen LogP contribution is 2.34. The average molecular weight is 314 g/mol. The Morgan fingerprint density at radius 1 is 1.39 bits per heavy atom. The van der Waals surface area contributed by atoms with Crippen LogP contribution in [0.25, 0.3) is 0 Å². The first-order chi connectivity index (χ1) is 11.2. The van der Waals surface area contributed by atoms with Crippen molar-refractivity contribution in [3.05, 3.63) is 53.5 Å². The number of hydrogen-bond donors (Lipinski definition) is 1. The second-order valence-electron chi connectivity index (χ2n) is 5.77. The molecule has 3 rings (SSSR count). The molecule has 1 fully saturated rings. The van der Waals surface area contributed by atoms with Gasteiger partial charge in [-0.1, -0.05) is 12.1 Å². The second-order valence-corrected chi connectivity index (χ2v) is 5.77. The average Bonchev–Trinajstić information content (AvgIpc) is 2.92. The van der Waals surface area contributed by atoms with Crippen molar-refractivity contribution in [2.75, 3.05) is 20.2 Å². The van der Waals surface area contributed by atoms with Crippen molar-refractivity contribution in [2.24, 2.45) is 0 Å². The lowest BCUT2D eigenvalue weighted by Gasteiger charge is -2.41. The minimum atomic E-state index is -0.0210. The summed E-state index contributed by atoms with van der Waals surface area (Å²) >= 11 is 0. The monoisotopic (exact) mass is 314 g/mol. The van der Waals surface area contributed by atoms with Crippen LogP contribution in [0, 0.1) is 6.92 Å². The van der Waals surface area contributed by atoms with Crippen LogP contribution in [0.1, 0.15) is 29.5 Å². The number of nitrogens with one attached hydrogen (secondary N) is 1. The third-order valence-corrected chi connectivity index (χ3v) is 4.20. The van der Waals surface area contributed by atoms with Gasteiger partial charge in [0.2, 0.25) is 0 Å². The third-order valence-electron chi connectivity index (χ3n) is 4.20. The third kappa shape index (κ3) is 3.50. The maximum Gasteiger partial charge on any atom is 0.317 e. The maximum atomic E-state index is 12.3. The Bertz CT molecular complexity index is 680. The zero-order valence-corrected chi connectivity index (χ0v) is 13.5. The van der Waals surface area contributed by atoms with E-state index in [0.29, 0.717) is 13.0 Å². The fraction of sp³-hybridized carbons (Fsp3) is 0.389. The highest BCUT2D eigenvalue weighted by Gasteiger charge is 2.33. The van der Waals surface area contributed by atoms with Gasteiger partial charge in [0, 0.05) is 19.5 Å². The van der Waals surface area contributed by atoms with Gasteiger partial charge in [0.15, 0.2) is 0 Å². The van der Waals surface area contributed by atoms with E-state index in [1.54, 1.807) is 7.11 Å². The summed E-state index contributed by atoms with van der Waals surface area (Å²) in [4.78, 5) is 14.2. The Kier molecular flexibility index (Phi) is 4.55. The molecule has 23 heavy (non-hydrogen) atoms. The Morgan fingerprint density at radius 2 is 2.26 bits per heavy atom. The first-order valence-electron chi connectivity index (χ1n) is 7.91. The molecular weight excluding hydrogens is 292 g/mol. The molecule has 1 aliphatic rings. The molecule has 1 aromatic carbocycles. The SMILES string of the molecule is COc1cccc([C@H]2CCN2C(=O)NCCc2ccc(C)o2)c1. The predicted octanol–water partition coefficient (Wildman–Crippen LogP) is 3.30. The summed E-state index contributed by atoms with van der Waals surface area (Å²) in [5.41, 5.74) is 1.12. The van der Waals surface area contributed by atoms with Crippen LogP contribution < -0.4 is 10.1 Å². The summed E-state index contributed by atoms with van der Waals surface area (Å²) in [5.74, 6) is 2.62. The first-order valence-corrected chi connectivity index (χ1v) is 7.91. The molecule has 0 spiro atoms. The number of carbonyl (C=O) groups excluding carboxylic acids is 1. The van der Waals surface area contributed by atoms with Gasteiger partial charge in [-0.3, -0.25) is 0 Å². The quantitative estimate of drug-likeness (QED) is 0.921. The normalized spacial score (nSPS) is 16.8. The van der Waals surface area contributed by atoms with Crippen LogP contribution in [-0.2, 0) is 6.42 Å². The highest BCUT2D eigenvalue weighted by atomic mass is 16.5. The largest absolute Gasteiger partial charge is 0.497 e. The van der Waals surface area contributed by atoms with Crippen LogP contribution in [0.5, 0.6) is 5.75 Å². The number of ether oxygens (including phenoxy) is 1. The van der Waals surface area contributed by atoms with E-state index in [1.165, 1.54) is 0 Å². The number of carbonyl (C=O) groups is 1. The van der Waals surface area contributed by atoms with Crippen molar-refractivity contribution in [1.82, 2.24) is 10.2 Å². The molecule has 5 heteroatoms. The summed E-state index contributed by atoms with van der Waals surface area (Å²) in [6, 6.07) is 11.9. The topological polar surface area (TPSA) is 54.7 Å². The van der Waals surface area contributed by atoms with E-state index >= 15 is 0 Å². The summed E-state index contributed by atoms with van der Waals surface area (Å²) in [7, 11) is 1.65. The molecule has 1 aromatic heterocycles. The number of rotatable bonds is 5. The first kappa shape index (κ1) is 15.5. The number of likely N-dealkylation sites (tertiary alicyclic amines) is 1. The lowest BCUT2D eigenvalue weighted by Crippen LogP contribution is -2.50. The van der Waals surface area contributed by atoms with E-state index in [-0.39, 0.29) is 12.1 Å². The van der Waals surface area contributed by atoms with Crippen LogP contribution in [0.2, 0.25) is 0 Å². The minimum Gasteiger partial charge on any atom is -0.497 e. The Labute approximate surface area is 136 Å². The van der Waals surface area contributed by atoms with Crippen molar-refractivity contribution in [3.8, 4) is 5.75 Å². The molecule has 5 nitrogen and oxygen atoms in total. The van der Waals surface area contributed by atoms with Gasteiger partial charge in [-0.25, -0.2) is 4.79 Å². The summed E-state index contributed by atoms with van der Waals surface area (Å²) in [6.45, 7) is 3.28. The van der Waals surface area contributed by atoms with E-state index in [2.05, 4.69) is 5.32 Å². The van der Waals surface area contributed by atoms with Gasteiger partial charge in [0.1, 0.15) is 17.3 Å². The molecule has 0 radical (unpaired) electrons. The van der Waals surface area contributed by atoms with E-state index < -0.39 is 0 Å². The Morgan fingerprint density at radius 3 is 2.91 bits per heavy atom. The predicted molar refractivity (Wildman–Crippen MR) is 87.6 cm³/mol. The van der Waals surface area contributed by atoms with Crippen molar-refractivity contribution in [3.63, 3.8) is 0 Å². The number of methoxy groups -OCH3 is 1. The Hall–Kier alpha value is -2.43. The van der Waals surface area contributed by atoms with Crippen molar-refractivity contribution in [1.29, 1.82) is 0 Å². The number of amides is 2. The van der Waals surface area contributed by atoms with Gasteiger partial charge in [0.25, 0.3) is 0 Å². The molecule has 2 heterocycles. The van der Waals surface area contributed by atoms with Crippen LogP contribution in [0.15, 0.2) is 40.8 Å². The lowest BCUT2D eigenvalue weighted by molar-refractivity contribution is 0.115. The molecule has 0 aliphatic carbocycles. The second kappa shape index (κ2) is 6.77. The Balaban J connectivity index is 1.53. The van der Waals surface area contributed by atoms with Crippen molar-refractivity contribution < 1.29 is 13.9 Å². The molecule has 1 saturated heterocycles. The summed E-state index contributed by atoms with van der Waals surface area (Å²) in [6.07, 6.45) is 1.69. The van der Waals surface area contributed by atoms with Crippen LogP contribution in [0.4, 0.5) is 4.79 Å². The van der Waals surface area contributed by atoms with Gasteiger partial charge in [-0.2, -0.15) is 0 Å². The molecule has 1 aliphatic heterocycles. The van der Waals surface area contributed by atoms with E-state index in [9.17, 15) is 4.79 Å². The molecule has 0 saturated carbocycles. The molecule has 2 amide bonds. The smallest absolute Gasteiger partial charge is 0.317 e. The summed E-state index contributed by atoms with van der Waals surface area (Å²) in [5, 5.41) is 2.97. The zero-order valence-electron chi connectivity index (χ0n) is 13.5. The van der Waals surface area contributed by atoms with Crippen molar-refractivity contribution >= 4 is 6.03 Å². The highest BCUT2D eigenvalue weighted by molar-refractivity contribution is 5.75. The van der Waals surface area contributed by atoms with Gasteiger partial charge >= 0.3 is 6.03 Å². The molecule has 0 bridgehead atoms. The fourth-order valence-electron chi connectivity index (χ4n) is 2.84. The number of aryl methyl sites for hydroxylation is 1. The number of urea groups is 1. The number of nitrogens with zero attached hydrogens (tertiary/aromatic N) is 1. The number of hydrogen-bond acceptors (Lipinski definition) is 3. The standard InChI is InChI=1S/C18H22N2O3/c1-13-6-7-15(23-13)8-10-19-18(21)20-11-9-17(20)14-4-3-5-16(12-14)22-2/h3-7,12,17H,8-11H2,1-2H3,(H,19,21)/t17-/m1/s1. The van der Waals surface area contributed by atoms with Gasteiger partial charge < -0.3 is 19.4 Å². The maximum absolute atomic E-state index is 12.3. The minimum absolute atomic E-state index is 0.0210. The van der Waals surface area contributed by atoms with E-state index in [4.69, 9.17) is 9.15 Å². The fourth-order valence-corrected chi connectivity index (χ4v) is 2.84. The molecule has 0 unspecified atom stereocenters.